The molecule has 1 aliphatic rings. The van der Waals surface area contributed by atoms with E-state index in [-0.39, 0.29) is 11.2 Å². The maximum atomic E-state index is 11.1. The predicted octanol–water partition coefficient (Wildman–Crippen LogP) is 0.647. The van der Waals surface area contributed by atoms with Crippen molar-refractivity contribution < 1.29 is 4.79 Å². The van der Waals surface area contributed by atoms with Gasteiger partial charge in [0.1, 0.15) is 0 Å². The van der Waals surface area contributed by atoms with Crippen molar-refractivity contribution in [2.75, 3.05) is 0 Å². The number of carbonyl (C=O) groups excluding carboxylic acids is 1. The minimum Gasteiger partial charge on any atom is -0.369 e. The molecule has 0 aliphatic heterocycles. The zero-order valence-electron chi connectivity index (χ0n) is 6.83. The molecule has 13 heavy (non-hydrogen) atoms. The number of carbonyl (C=O) groups is 1. The minimum absolute atomic E-state index is 0.157. The molecule has 2 rings (SSSR count). The fraction of sp³-hybridized carbons (Fsp3) is 0.375. The Morgan fingerprint density at radius 2 is 2.31 bits per heavy atom. The van der Waals surface area contributed by atoms with Gasteiger partial charge in [-0.3, -0.25) is 4.79 Å². The molecule has 1 aliphatic carbocycles. The van der Waals surface area contributed by atoms with Gasteiger partial charge in [0.05, 0.1) is 11.1 Å². The Morgan fingerprint density at radius 1 is 1.62 bits per heavy atom. The average Bonchev–Trinajstić information content (AvgIpc) is 2.83. The van der Waals surface area contributed by atoms with E-state index in [2.05, 4.69) is 9.97 Å². The first-order valence-corrected chi connectivity index (χ1v) is 4.32. The van der Waals surface area contributed by atoms with E-state index in [4.69, 9.17) is 17.3 Å². The van der Waals surface area contributed by atoms with E-state index in [0.29, 0.717) is 5.69 Å². The molecule has 0 saturated heterocycles. The largest absolute Gasteiger partial charge is 0.369 e. The molecule has 5 heteroatoms. The standard InChI is InChI=1S/C8H8ClN3O/c9-7-11-4-1-5(12-7)8(2-3-8)6(10)13/h1,4H,2-3H2,(H2,10,13). The van der Waals surface area contributed by atoms with Crippen LogP contribution in [0.15, 0.2) is 12.3 Å². The van der Waals surface area contributed by atoms with Gasteiger partial charge >= 0.3 is 0 Å². The van der Waals surface area contributed by atoms with E-state index in [9.17, 15) is 4.79 Å². The summed E-state index contributed by atoms with van der Waals surface area (Å²) in [5, 5.41) is 0.157. The van der Waals surface area contributed by atoms with E-state index in [1.165, 1.54) is 6.20 Å². The highest BCUT2D eigenvalue weighted by atomic mass is 35.5. The molecule has 0 atom stereocenters. The highest BCUT2D eigenvalue weighted by Gasteiger charge is 2.51. The Labute approximate surface area is 80.1 Å². The lowest BCUT2D eigenvalue weighted by atomic mass is 10.0. The van der Waals surface area contributed by atoms with E-state index in [0.717, 1.165) is 12.8 Å². The molecule has 2 N–H and O–H groups in total. The third-order valence-electron chi connectivity index (χ3n) is 2.34. The second-order valence-electron chi connectivity index (χ2n) is 3.16. The van der Waals surface area contributed by atoms with Crippen LogP contribution in [0.25, 0.3) is 0 Å². The molecule has 1 heterocycles. The number of amides is 1. The lowest BCUT2D eigenvalue weighted by molar-refractivity contribution is -0.120. The van der Waals surface area contributed by atoms with Crippen LogP contribution in [0, 0.1) is 0 Å². The van der Waals surface area contributed by atoms with Crippen LogP contribution in [-0.2, 0) is 10.2 Å². The smallest absolute Gasteiger partial charge is 0.229 e. The summed E-state index contributed by atoms with van der Waals surface area (Å²) in [5.41, 5.74) is 5.35. The number of nitrogens with zero attached hydrogens (tertiary/aromatic N) is 2. The molecule has 1 aromatic rings. The van der Waals surface area contributed by atoms with Crippen molar-refractivity contribution in [1.82, 2.24) is 9.97 Å². The average molecular weight is 198 g/mol. The molecule has 1 aromatic heterocycles. The summed E-state index contributed by atoms with van der Waals surface area (Å²) in [5.74, 6) is -0.331. The van der Waals surface area contributed by atoms with Crippen LogP contribution in [0.1, 0.15) is 18.5 Å². The molecule has 1 amide bonds. The van der Waals surface area contributed by atoms with Gasteiger partial charge in [0.2, 0.25) is 11.2 Å². The zero-order chi connectivity index (χ0) is 9.47. The molecule has 0 bridgehead atoms. The molecule has 1 fully saturated rings. The van der Waals surface area contributed by atoms with Gasteiger partial charge in [-0.1, -0.05) is 0 Å². The normalized spacial score (nSPS) is 18.2. The van der Waals surface area contributed by atoms with Crippen LogP contribution in [0.2, 0.25) is 5.28 Å². The number of nitrogens with two attached hydrogens (primary N) is 1. The van der Waals surface area contributed by atoms with Gasteiger partial charge < -0.3 is 5.73 Å². The highest BCUT2D eigenvalue weighted by molar-refractivity contribution is 6.28. The van der Waals surface area contributed by atoms with Gasteiger partial charge in [0.25, 0.3) is 0 Å². The molecule has 0 aromatic carbocycles. The van der Waals surface area contributed by atoms with Crippen LogP contribution in [0.4, 0.5) is 0 Å². The molecule has 68 valence electrons. The number of hydrogen-bond donors (Lipinski definition) is 1. The molecule has 0 unspecified atom stereocenters. The van der Waals surface area contributed by atoms with Crippen molar-refractivity contribution in [1.29, 1.82) is 0 Å². The molecule has 1 saturated carbocycles. The van der Waals surface area contributed by atoms with Gasteiger partial charge in [-0.2, -0.15) is 0 Å². The van der Waals surface area contributed by atoms with Gasteiger partial charge in [-0.25, -0.2) is 9.97 Å². The maximum absolute atomic E-state index is 11.1. The van der Waals surface area contributed by atoms with Crippen LogP contribution < -0.4 is 5.73 Å². The number of hydrogen-bond acceptors (Lipinski definition) is 3. The number of rotatable bonds is 2. The molecular formula is C8H8ClN3O. The second-order valence-corrected chi connectivity index (χ2v) is 3.50. The van der Waals surface area contributed by atoms with Crippen molar-refractivity contribution in [3.8, 4) is 0 Å². The summed E-state index contributed by atoms with van der Waals surface area (Å²) in [6, 6.07) is 1.68. The Balaban J connectivity index is 2.41. The fourth-order valence-corrected chi connectivity index (χ4v) is 1.50. The van der Waals surface area contributed by atoms with E-state index in [1.807, 2.05) is 0 Å². The summed E-state index contributed by atoms with van der Waals surface area (Å²) in [4.78, 5) is 18.8. The Bertz CT molecular complexity index is 362. The minimum atomic E-state index is -0.563. The van der Waals surface area contributed by atoms with Crippen molar-refractivity contribution in [2.24, 2.45) is 5.73 Å². The topological polar surface area (TPSA) is 68.9 Å². The summed E-state index contributed by atoms with van der Waals surface area (Å²) < 4.78 is 0. The molecular weight excluding hydrogens is 190 g/mol. The first kappa shape index (κ1) is 8.44. The van der Waals surface area contributed by atoms with Gasteiger partial charge in [-0.15, -0.1) is 0 Å². The van der Waals surface area contributed by atoms with E-state index < -0.39 is 5.41 Å². The van der Waals surface area contributed by atoms with Crippen molar-refractivity contribution >= 4 is 17.5 Å². The van der Waals surface area contributed by atoms with Crippen molar-refractivity contribution in [2.45, 2.75) is 18.3 Å². The quantitative estimate of drug-likeness (QED) is 0.708. The lowest BCUT2D eigenvalue weighted by Crippen LogP contribution is -2.29. The monoisotopic (exact) mass is 197 g/mol. The highest BCUT2D eigenvalue weighted by Crippen LogP contribution is 2.46. The fourth-order valence-electron chi connectivity index (χ4n) is 1.36. The van der Waals surface area contributed by atoms with E-state index in [1.54, 1.807) is 6.07 Å². The Hall–Kier alpha value is -1.16. The van der Waals surface area contributed by atoms with Crippen LogP contribution in [-0.4, -0.2) is 15.9 Å². The van der Waals surface area contributed by atoms with Crippen molar-refractivity contribution in [3.05, 3.63) is 23.2 Å². The SMILES string of the molecule is NC(=O)C1(c2ccnc(Cl)n2)CC1. The van der Waals surface area contributed by atoms with Gasteiger partial charge in [0, 0.05) is 6.20 Å². The Morgan fingerprint density at radius 3 is 2.77 bits per heavy atom. The molecule has 0 radical (unpaired) electrons. The summed E-state index contributed by atoms with van der Waals surface area (Å²) in [6.45, 7) is 0. The zero-order valence-corrected chi connectivity index (χ0v) is 7.58. The van der Waals surface area contributed by atoms with Crippen LogP contribution in [0.3, 0.4) is 0 Å². The number of primary amides is 1. The first-order chi connectivity index (χ1) is 6.15. The summed E-state index contributed by atoms with van der Waals surface area (Å²) in [6.07, 6.45) is 3.05. The number of halogens is 1. The summed E-state index contributed by atoms with van der Waals surface area (Å²) >= 11 is 5.61. The third-order valence-corrected chi connectivity index (χ3v) is 2.52. The van der Waals surface area contributed by atoms with Crippen molar-refractivity contribution in [3.63, 3.8) is 0 Å². The third kappa shape index (κ3) is 1.27. The predicted molar refractivity (Wildman–Crippen MR) is 47.1 cm³/mol. The Kier molecular flexibility index (Phi) is 1.73. The lowest BCUT2D eigenvalue weighted by Gasteiger charge is -2.08. The van der Waals surface area contributed by atoms with Gasteiger partial charge in [-0.05, 0) is 30.5 Å². The van der Waals surface area contributed by atoms with Crippen LogP contribution >= 0.6 is 11.6 Å². The van der Waals surface area contributed by atoms with Crippen LogP contribution in [0.5, 0.6) is 0 Å². The second kappa shape index (κ2) is 2.67. The summed E-state index contributed by atoms with van der Waals surface area (Å²) in [7, 11) is 0. The number of aromatic nitrogens is 2. The maximum Gasteiger partial charge on any atom is 0.229 e. The van der Waals surface area contributed by atoms with E-state index >= 15 is 0 Å². The molecule has 0 spiro atoms. The first-order valence-electron chi connectivity index (χ1n) is 3.94. The molecule has 4 nitrogen and oxygen atoms in total. The van der Waals surface area contributed by atoms with Gasteiger partial charge in [0.15, 0.2) is 0 Å².